The highest BCUT2D eigenvalue weighted by Gasteiger charge is 2.12. The molecule has 0 radical (unpaired) electrons. The minimum absolute atomic E-state index is 1.06. The number of hydrogen-bond donors (Lipinski definition) is 0. The van der Waals surface area contributed by atoms with Crippen molar-refractivity contribution >= 4 is 6.08 Å². The Kier molecular flexibility index (Phi) is 2.09. The van der Waals surface area contributed by atoms with Gasteiger partial charge in [0.25, 0.3) is 0 Å². The highest BCUT2D eigenvalue weighted by atomic mass is 15.1. The molecule has 1 aliphatic heterocycles. The molecule has 68 valence electrons. The van der Waals surface area contributed by atoms with Crippen LogP contribution < -0.4 is 0 Å². The maximum absolute atomic E-state index is 2.39. The number of hydrogen-bond acceptors (Lipinski definition) is 1. The molecule has 0 atom stereocenters. The summed E-state index contributed by atoms with van der Waals surface area (Å²) in [5.74, 6) is 0. The predicted octanol–water partition coefficient (Wildman–Crippen LogP) is 2.88. The molecule has 0 spiro atoms. The van der Waals surface area contributed by atoms with Gasteiger partial charge in [0, 0.05) is 18.8 Å². The maximum Gasteiger partial charge on any atom is 0.0432 e. The molecule has 0 saturated carbocycles. The Bertz CT molecular complexity index is 339. The Morgan fingerprint density at radius 3 is 2.85 bits per heavy atom. The van der Waals surface area contributed by atoms with Crippen molar-refractivity contribution in [3.8, 4) is 0 Å². The van der Waals surface area contributed by atoms with Gasteiger partial charge in [0.2, 0.25) is 0 Å². The summed E-state index contributed by atoms with van der Waals surface area (Å²) < 4.78 is 0. The summed E-state index contributed by atoms with van der Waals surface area (Å²) in [6, 6.07) is 8.61. The molecule has 0 bridgehead atoms. The number of rotatable bonds is 1. The van der Waals surface area contributed by atoms with Crippen molar-refractivity contribution in [2.24, 2.45) is 0 Å². The van der Waals surface area contributed by atoms with E-state index in [1.807, 2.05) is 0 Å². The monoisotopic (exact) mass is 173 g/mol. The third-order valence-electron chi connectivity index (χ3n) is 2.66. The molecule has 13 heavy (non-hydrogen) atoms. The van der Waals surface area contributed by atoms with Gasteiger partial charge in [-0.25, -0.2) is 0 Å². The average Bonchev–Trinajstić information content (AvgIpc) is 2.17. The van der Waals surface area contributed by atoms with Crippen molar-refractivity contribution in [1.82, 2.24) is 4.90 Å². The van der Waals surface area contributed by atoms with Gasteiger partial charge in [0.15, 0.2) is 0 Å². The van der Waals surface area contributed by atoms with Gasteiger partial charge in [0.05, 0.1) is 0 Å². The number of fused-ring (bicyclic) bond motifs is 1. The second kappa shape index (κ2) is 3.25. The molecule has 0 aliphatic carbocycles. The zero-order valence-corrected chi connectivity index (χ0v) is 8.25. The van der Waals surface area contributed by atoms with Crippen LogP contribution in [-0.4, -0.2) is 11.4 Å². The fourth-order valence-electron chi connectivity index (χ4n) is 1.83. The predicted molar refractivity (Wildman–Crippen MR) is 56.2 cm³/mol. The summed E-state index contributed by atoms with van der Waals surface area (Å²) in [6.45, 7) is 6.54. The van der Waals surface area contributed by atoms with E-state index in [0.717, 1.165) is 13.1 Å². The van der Waals surface area contributed by atoms with Crippen LogP contribution in [0.4, 0.5) is 0 Å². The van der Waals surface area contributed by atoms with Crippen molar-refractivity contribution in [2.75, 3.05) is 6.54 Å². The zero-order valence-electron chi connectivity index (χ0n) is 8.25. The normalized spacial score (nSPS) is 15.2. The van der Waals surface area contributed by atoms with Gasteiger partial charge in [-0.3, -0.25) is 0 Å². The van der Waals surface area contributed by atoms with Crippen molar-refractivity contribution < 1.29 is 0 Å². The lowest BCUT2D eigenvalue weighted by atomic mass is 10.0. The molecule has 1 aliphatic rings. The van der Waals surface area contributed by atoms with E-state index in [-0.39, 0.29) is 0 Å². The molecule has 1 aromatic carbocycles. The van der Waals surface area contributed by atoms with Gasteiger partial charge in [-0.15, -0.1) is 0 Å². The first kappa shape index (κ1) is 8.36. The molecule has 0 fully saturated rings. The van der Waals surface area contributed by atoms with E-state index in [1.54, 1.807) is 0 Å². The lowest BCUT2D eigenvalue weighted by Crippen LogP contribution is -2.23. The molecule has 1 nitrogen and oxygen atoms in total. The fourth-order valence-corrected chi connectivity index (χ4v) is 1.83. The van der Waals surface area contributed by atoms with Crippen molar-refractivity contribution in [2.45, 2.75) is 20.4 Å². The van der Waals surface area contributed by atoms with Crippen LogP contribution in [0.1, 0.15) is 25.0 Å². The van der Waals surface area contributed by atoms with Crippen LogP contribution in [0.5, 0.6) is 0 Å². The topological polar surface area (TPSA) is 3.24 Å². The van der Waals surface area contributed by atoms with E-state index in [0.29, 0.717) is 0 Å². The molecule has 0 unspecified atom stereocenters. The maximum atomic E-state index is 2.39. The van der Waals surface area contributed by atoms with Crippen LogP contribution in [0.15, 0.2) is 30.0 Å². The molecule has 0 amide bonds. The Hall–Kier alpha value is -1.24. The van der Waals surface area contributed by atoms with E-state index in [4.69, 9.17) is 0 Å². The van der Waals surface area contributed by atoms with Gasteiger partial charge < -0.3 is 4.90 Å². The highest BCUT2D eigenvalue weighted by Crippen LogP contribution is 2.23. The quantitative estimate of drug-likeness (QED) is 0.631. The molecule has 1 heterocycles. The van der Waals surface area contributed by atoms with Gasteiger partial charge in [-0.05, 0) is 31.1 Å². The standard InChI is InChI=1S/C12H15N/c1-3-13-9-12-7-5-4-6-11(12)8-10(13)2/h4-8H,3,9H2,1-2H3. The second-order valence-corrected chi connectivity index (χ2v) is 3.50. The number of allylic oxidation sites excluding steroid dienone is 1. The highest BCUT2D eigenvalue weighted by molar-refractivity contribution is 5.58. The molecular formula is C12H15N. The second-order valence-electron chi connectivity index (χ2n) is 3.50. The first-order valence-corrected chi connectivity index (χ1v) is 4.82. The number of nitrogens with zero attached hydrogens (tertiary/aromatic N) is 1. The summed E-state index contributed by atoms with van der Waals surface area (Å²) >= 11 is 0. The summed E-state index contributed by atoms with van der Waals surface area (Å²) in [6.07, 6.45) is 2.27. The van der Waals surface area contributed by atoms with Gasteiger partial charge >= 0.3 is 0 Å². The summed E-state index contributed by atoms with van der Waals surface area (Å²) in [5.41, 5.74) is 4.20. The van der Waals surface area contributed by atoms with Crippen LogP contribution >= 0.6 is 0 Å². The summed E-state index contributed by atoms with van der Waals surface area (Å²) in [4.78, 5) is 2.39. The Morgan fingerprint density at radius 2 is 2.08 bits per heavy atom. The third-order valence-corrected chi connectivity index (χ3v) is 2.66. The van der Waals surface area contributed by atoms with Gasteiger partial charge in [0.1, 0.15) is 0 Å². The zero-order chi connectivity index (χ0) is 9.26. The van der Waals surface area contributed by atoms with Crippen LogP contribution in [0.3, 0.4) is 0 Å². The van der Waals surface area contributed by atoms with Gasteiger partial charge in [-0.1, -0.05) is 24.3 Å². The van der Waals surface area contributed by atoms with Crippen molar-refractivity contribution in [1.29, 1.82) is 0 Å². The Morgan fingerprint density at radius 1 is 1.31 bits per heavy atom. The van der Waals surface area contributed by atoms with Crippen LogP contribution in [0.2, 0.25) is 0 Å². The van der Waals surface area contributed by atoms with Crippen molar-refractivity contribution in [3.63, 3.8) is 0 Å². The molecule has 1 aromatic rings. The third kappa shape index (κ3) is 1.46. The van der Waals surface area contributed by atoms with Crippen LogP contribution in [-0.2, 0) is 6.54 Å². The summed E-state index contributed by atoms with van der Waals surface area (Å²) in [7, 11) is 0. The van der Waals surface area contributed by atoms with E-state index in [1.165, 1.54) is 16.8 Å². The first-order valence-electron chi connectivity index (χ1n) is 4.82. The van der Waals surface area contributed by atoms with Crippen molar-refractivity contribution in [3.05, 3.63) is 41.1 Å². The van der Waals surface area contributed by atoms with Crippen LogP contribution in [0, 0.1) is 0 Å². The number of benzene rings is 1. The Labute approximate surface area is 79.7 Å². The molecular weight excluding hydrogens is 158 g/mol. The lowest BCUT2D eigenvalue weighted by molar-refractivity contribution is 0.354. The lowest BCUT2D eigenvalue weighted by Gasteiger charge is -2.28. The van der Waals surface area contributed by atoms with E-state index >= 15 is 0 Å². The molecule has 0 saturated heterocycles. The Balaban J connectivity index is 2.40. The van der Waals surface area contributed by atoms with Crippen LogP contribution in [0.25, 0.3) is 6.08 Å². The summed E-state index contributed by atoms with van der Waals surface area (Å²) in [5, 5.41) is 0. The first-order chi connectivity index (χ1) is 6.31. The molecule has 0 N–H and O–H groups in total. The van der Waals surface area contributed by atoms with E-state index in [2.05, 4.69) is 49.1 Å². The average molecular weight is 173 g/mol. The van der Waals surface area contributed by atoms with E-state index in [9.17, 15) is 0 Å². The van der Waals surface area contributed by atoms with E-state index < -0.39 is 0 Å². The minimum Gasteiger partial charge on any atom is -0.371 e. The molecule has 2 rings (SSSR count). The minimum atomic E-state index is 1.06. The molecule has 0 aromatic heterocycles. The fraction of sp³-hybridized carbons (Fsp3) is 0.333. The van der Waals surface area contributed by atoms with Gasteiger partial charge in [-0.2, -0.15) is 0 Å². The largest absolute Gasteiger partial charge is 0.371 e. The molecule has 1 heteroatoms. The smallest absolute Gasteiger partial charge is 0.0432 e. The SMILES string of the molecule is CCN1Cc2ccccc2C=C1C.